The van der Waals surface area contributed by atoms with Crippen LogP contribution in [-0.2, 0) is 11.3 Å². The molecule has 0 aromatic carbocycles. The van der Waals surface area contributed by atoms with E-state index in [1.54, 1.807) is 11.3 Å². The van der Waals surface area contributed by atoms with Crippen molar-refractivity contribution in [2.45, 2.75) is 18.7 Å². The fraction of sp³-hybridized carbons (Fsp3) is 0.786. The van der Waals surface area contributed by atoms with Gasteiger partial charge in [0.25, 0.3) is 0 Å². The van der Waals surface area contributed by atoms with E-state index in [0.717, 1.165) is 51.1 Å². The lowest BCUT2D eigenvalue weighted by Gasteiger charge is -2.33. The van der Waals surface area contributed by atoms with Crippen molar-refractivity contribution in [3.63, 3.8) is 0 Å². The summed E-state index contributed by atoms with van der Waals surface area (Å²) >= 11 is 1.72. The van der Waals surface area contributed by atoms with E-state index in [2.05, 4.69) is 14.8 Å². The van der Waals surface area contributed by atoms with Crippen LogP contribution < -0.4 is 4.90 Å². The van der Waals surface area contributed by atoms with E-state index in [0.29, 0.717) is 0 Å². The van der Waals surface area contributed by atoms with Gasteiger partial charge in [-0.25, -0.2) is 4.98 Å². The average molecular weight is 312 g/mol. The second-order valence-electron chi connectivity index (χ2n) is 5.98. The van der Waals surface area contributed by atoms with Crippen molar-refractivity contribution in [2.24, 2.45) is 0 Å². The predicted molar refractivity (Wildman–Crippen MR) is 83.9 cm³/mol. The summed E-state index contributed by atoms with van der Waals surface area (Å²) < 4.78 is 5.39. The molecule has 0 unspecified atom stereocenters. The van der Waals surface area contributed by atoms with Crippen LogP contribution in [-0.4, -0.2) is 85.5 Å². The van der Waals surface area contributed by atoms with Gasteiger partial charge >= 0.3 is 0 Å². The minimum atomic E-state index is -0.260. The van der Waals surface area contributed by atoms with Gasteiger partial charge < -0.3 is 14.7 Å². The first-order valence-electron chi connectivity index (χ1n) is 7.48. The molecule has 2 fully saturated rings. The van der Waals surface area contributed by atoms with Crippen LogP contribution in [0.25, 0.3) is 0 Å². The van der Waals surface area contributed by atoms with Gasteiger partial charge in [-0.1, -0.05) is 0 Å². The summed E-state index contributed by atoms with van der Waals surface area (Å²) in [7, 11) is 4.02. The second-order valence-corrected chi connectivity index (χ2v) is 7.07. The summed E-state index contributed by atoms with van der Waals surface area (Å²) in [5.41, 5.74) is 0. The topological polar surface area (TPSA) is 52.1 Å². The number of rotatable bonds is 4. The van der Waals surface area contributed by atoms with Crippen LogP contribution in [0.5, 0.6) is 0 Å². The molecule has 0 spiro atoms. The molecule has 0 radical (unpaired) electrons. The average Bonchev–Trinajstić information content (AvgIpc) is 3.07. The maximum Gasteiger partial charge on any atom is 0.185 e. The minimum absolute atomic E-state index is 0.246. The maximum absolute atomic E-state index is 10.3. The van der Waals surface area contributed by atoms with Crippen LogP contribution in [0.1, 0.15) is 4.88 Å². The molecule has 7 heteroatoms. The molecule has 2 aliphatic rings. The van der Waals surface area contributed by atoms with Gasteiger partial charge in [0.05, 0.1) is 19.3 Å². The molecule has 2 atom stereocenters. The van der Waals surface area contributed by atoms with Crippen molar-refractivity contribution in [1.82, 2.24) is 14.8 Å². The van der Waals surface area contributed by atoms with Gasteiger partial charge in [0, 0.05) is 63.9 Å². The van der Waals surface area contributed by atoms with Crippen molar-refractivity contribution < 1.29 is 9.84 Å². The number of ether oxygens (including phenoxy) is 1. The van der Waals surface area contributed by atoms with Gasteiger partial charge in [-0.3, -0.25) is 9.80 Å². The van der Waals surface area contributed by atoms with Crippen LogP contribution in [0.3, 0.4) is 0 Å². The van der Waals surface area contributed by atoms with Gasteiger partial charge in [-0.05, 0) is 0 Å². The molecule has 3 rings (SSSR count). The summed E-state index contributed by atoms with van der Waals surface area (Å²) in [6.07, 6.45) is 1.69. The van der Waals surface area contributed by atoms with E-state index in [1.807, 2.05) is 25.2 Å². The second kappa shape index (κ2) is 6.58. The number of hydrogen-bond donors (Lipinski definition) is 1. The fourth-order valence-corrected chi connectivity index (χ4v) is 3.92. The number of β-amino-alcohol motifs (C(OH)–C–C–N with tert-alkyl or cyclic N) is 1. The Kier molecular flexibility index (Phi) is 4.75. The van der Waals surface area contributed by atoms with E-state index in [1.165, 1.54) is 4.88 Å². The zero-order valence-corrected chi connectivity index (χ0v) is 13.6. The van der Waals surface area contributed by atoms with Crippen molar-refractivity contribution in [1.29, 1.82) is 0 Å². The Morgan fingerprint density at radius 1 is 1.38 bits per heavy atom. The molecular formula is C14H24N4O2S. The Morgan fingerprint density at radius 2 is 2.14 bits per heavy atom. The summed E-state index contributed by atoms with van der Waals surface area (Å²) in [6.45, 7) is 5.98. The molecule has 0 saturated carbocycles. The highest BCUT2D eigenvalue weighted by molar-refractivity contribution is 7.15. The van der Waals surface area contributed by atoms with Crippen LogP contribution in [0.2, 0.25) is 0 Å². The number of thiazole rings is 1. The number of likely N-dealkylation sites (tertiary alicyclic amines) is 1. The molecule has 0 aliphatic carbocycles. The van der Waals surface area contributed by atoms with Gasteiger partial charge in [0.1, 0.15) is 0 Å². The summed E-state index contributed by atoms with van der Waals surface area (Å²) in [4.78, 5) is 12.4. The minimum Gasteiger partial charge on any atom is -0.390 e. The zero-order valence-electron chi connectivity index (χ0n) is 12.7. The predicted octanol–water partition coefficient (Wildman–Crippen LogP) is 0.0864. The quantitative estimate of drug-likeness (QED) is 0.850. The number of aromatic nitrogens is 1. The Bertz CT molecular complexity index is 462. The van der Waals surface area contributed by atoms with Crippen LogP contribution in [0, 0.1) is 0 Å². The number of nitrogens with zero attached hydrogens (tertiary/aromatic N) is 4. The van der Waals surface area contributed by atoms with Crippen LogP contribution in [0.15, 0.2) is 6.20 Å². The standard InChI is InChI=1S/C14H24N4O2S/c1-16(2)14-15-7-11(21-14)8-17-9-12(13(19)10-17)18-3-5-20-6-4-18/h7,12-13,19H,3-6,8-10H2,1-2H3/t12-,13-/m0/s1. The third-order valence-electron chi connectivity index (χ3n) is 4.15. The van der Waals surface area contributed by atoms with Crippen molar-refractivity contribution in [2.75, 3.05) is 58.4 Å². The fourth-order valence-electron chi connectivity index (χ4n) is 3.04. The Labute approximate surface area is 129 Å². The van der Waals surface area contributed by atoms with Gasteiger partial charge in [-0.2, -0.15) is 0 Å². The van der Waals surface area contributed by atoms with E-state index < -0.39 is 0 Å². The lowest BCUT2D eigenvalue weighted by Crippen LogP contribution is -2.48. The summed E-state index contributed by atoms with van der Waals surface area (Å²) in [5.74, 6) is 0. The summed E-state index contributed by atoms with van der Waals surface area (Å²) in [5, 5.41) is 11.4. The molecule has 1 aromatic rings. The Balaban J connectivity index is 1.57. The highest BCUT2D eigenvalue weighted by atomic mass is 32.1. The largest absolute Gasteiger partial charge is 0.390 e. The maximum atomic E-state index is 10.3. The number of aliphatic hydroxyl groups is 1. The molecular weight excluding hydrogens is 288 g/mol. The van der Waals surface area contributed by atoms with E-state index in [9.17, 15) is 5.11 Å². The van der Waals surface area contributed by atoms with Crippen molar-refractivity contribution in [3.05, 3.63) is 11.1 Å². The zero-order chi connectivity index (χ0) is 14.8. The van der Waals surface area contributed by atoms with Crippen LogP contribution >= 0.6 is 11.3 Å². The highest BCUT2D eigenvalue weighted by Crippen LogP contribution is 2.25. The number of anilines is 1. The smallest absolute Gasteiger partial charge is 0.185 e. The first-order valence-corrected chi connectivity index (χ1v) is 8.29. The molecule has 2 aliphatic heterocycles. The molecule has 0 bridgehead atoms. The molecule has 0 amide bonds. The number of hydrogen-bond acceptors (Lipinski definition) is 7. The molecule has 2 saturated heterocycles. The van der Waals surface area contributed by atoms with Crippen molar-refractivity contribution in [3.8, 4) is 0 Å². The molecule has 1 aromatic heterocycles. The molecule has 6 nitrogen and oxygen atoms in total. The van der Waals surface area contributed by atoms with Gasteiger partial charge in [0.15, 0.2) is 5.13 Å². The van der Waals surface area contributed by atoms with Gasteiger partial charge in [0.2, 0.25) is 0 Å². The normalized spacial score (nSPS) is 28.1. The molecule has 1 N–H and O–H groups in total. The monoisotopic (exact) mass is 312 g/mol. The lowest BCUT2D eigenvalue weighted by atomic mass is 10.2. The third-order valence-corrected chi connectivity index (χ3v) is 5.30. The molecule has 3 heterocycles. The first-order chi connectivity index (χ1) is 10.1. The number of aliphatic hydroxyl groups excluding tert-OH is 1. The van der Waals surface area contributed by atoms with Crippen LogP contribution in [0.4, 0.5) is 5.13 Å². The van der Waals surface area contributed by atoms with E-state index >= 15 is 0 Å². The van der Waals surface area contributed by atoms with Crippen molar-refractivity contribution >= 4 is 16.5 Å². The van der Waals surface area contributed by atoms with E-state index in [-0.39, 0.29) is 12.1 Å². The highest BCUT2D eigenvalue weighted by Gasteiger charge is 2.36. The molecule has 21 heavy (non-hydrogen) atoms. The lowest BCUT2D eigenvalue weighted by molar-refractivity contribution is -0.00617. The SMILES string of the molecule is CN(C)c1ncc(CN2C[C@H](O)[C@@H](N3CCOCC3)C2)s1. The molecule has 118 valence electrons. The summed E-state index contributed by atoms with van der Waals surface area (Å²) in [6, 6.07) is 0.246. The Hall–Kier alpha value is -0.730. The van der Waals surface area contributed by atoms with E-state index in [4.69, 9.17) is 4.74 Å². The Morgan fingerprint density at radius 3 is 2.81 bits per heavy atom. The third kappa shape index (κ3) is 3.54. The van der Waals surface area contributed by atoms with Gasteiger partial charge in [-0.15, -0.1) is 11.3 Å². The first kappa shape index (κ1) is 15.2. The number of morpholine rings is 1.